The van der Waals surface area contributed by atoms with Crippen LogP contribution in [-0.4, -0.2) is 27.0 Å². The molecular formula is C23H21N3O2S. The molecule has 146 valence electrons. The van der Waals surface area contributed by atoms with Gasteiger partial charge in [0.25, 0.3) is 11.6 Å². The van der Waals surface area contributed by atoms with E-state index in [0.29, 0.717) is 34.9 Å². The number of carbonyl (C=O) groups excluding carboxylic acids is 1. The third-order valence-corrected chi connectivity index (χ3v) is 6.31. The second-order valence-electron chi connectivity index (χ2n) is 7.56. The number of aromatic nitrogens is 2. The minimum atomic E-state index is 0.0181. The predicted octanol–water partition coefficient (Wildman–Crippen LogP) is 5.37. The summed E-state index contributed by atoms with van der Waals surface area (Å²) in [5.74, 6) is 0.0181. The third-order valence-electron chi connectivity index (χ3n) is 5.28. The number of nitrogens with zero attached hydrogens (tertiary/aromatic N) is 3. The quantitative estimate of drug-likeness (QED) is 0.449. The molecule has 5 rings (SSSR count). The van der Waals surface area contributed by atoms with Gasteiger partial charge in [-0.15, -0.1) is 11.3 Å². The molecule has 1 amide bonds. The molecule has 6 heteroatoms. The molecule has 1 aromatic carbocycles. The Morgan fingerprint density at radius 2 is 1.97 bits per heavy atom. The van der Waals surface area contributed by atoms with Crippen LogP contribution in [0.5, 0.6) is 0 Å². The highest BCUT2D eigenvalue weighted by atomic mass is 32.1. The minimum absolute atomic E-state index is 0.0181. The standard InChI is InChI=1S/C23H21N3O2S/c1-14-8-11-20(29-14)19-12-18(21-15(2)25-28-22(21)24-19)23(27)26(17-9-10-17)13-16-6-4-3-5-7-16/h3-8,11-12,17H,9-10,13H2,1-2H3. The van der Waals surface area contributed by atoms with Crippen molar-refractivity contribution in [1.82, 2.24) is 15.0 Å². The molecule has 0 unspecified atom stereocenters. The number of pyridine rings is 1. The van der Waals surface area contributed by atoms with Gasteiger partial charge in [-0.3, -0.25) is 4.79 Å². The van der Waals surface area contributed by atoms with Crippen molar-refractivity contribution in [2.75, 3.05) is 0 Å². The fourth-order valence-corrected chi connectivity index (χ4v) is 4.48. The summed E-state index contributed by atoms with van der Waals surface area (Å²) < 4.78 is 5.46. The first kappa shape index (κ1) is 18.1. The first-order chi connectivity index (χ1) is 14.1. The molecule has 0 atom stereocenters. The Kier molecular flexibility index (Phi) is 4.43. The molecule has 5 nitrogen and oxygen atoms in total. The second-order valence-corrected chi connectivity index (χ2v) is 8.85. The van der Waals surface area contributed by atoms with Crippen LogP contribution in [0.1, 0.15) is 39.3 Å². The SMILES string of the molecule is Cc1ccc(-c2cc(C(=O)N(Cc3ccccc3)C3CC3)c3c(C)noc3n2)s1. The zero-order valence-electron chi connectivity index (χ0n) is 16.4. The Labute approximate surface area is 173 Å². The van der Waals surface area contributed by atoms with Crippen LogP contribution in [0, 0.1) is 13.8 Å². The van der Waals surface area contributed by atoms with E-state index in [1.54, 1.807) is 11.3 Å². The zero-order chi connectivity index (χ0) is 20.0. The highest BCUT2D eigenvalue weighted by molar-refractivity contribution is 7.15. The molecule has 0 N–H and O–H groups in total. The Bertz CT molecular complexity index is 1190. The van der Waals surface area contributed by atoms with Crippen molar-refractivity contribution in [2.24, 2.45) is 0 Å². The summed E-state index contributed by atoms with van der Waals surface area (Å²) in [5.41, 5.74) is 3.63. The Balaban J connectivity index is 1.60. The van der Waals surface area contributed by atoms with Gasteiger partial charge in [-0.1, -0.05) is 35.5 Å². The summed E-state index contributed by atoms with van der Waals surface area (Å²) in [6, 6.07) is 16.4. The van der Waals surface area contributed by atoms with Gasteiger partial charge in [-0.25, -0.2) is 4.98 Å². The first-order valence-electron chi connectivity index (χ1n) is 9.79. The third kappa shape index (κ3) is 3.44. The van der Waals surface area contributed by atoms with E-state index in [2.05, 4.69) is 35.3 Å². The van der Waals surface area contributed by atoms with Crippen molar-refractivity contribution in [3.63, 3.8) is 0 Å². The number of hydrogen-bond acceptors (Lipinski definition) is 5. The van der Waals surface area contributed by atoms with Gasteiger partial charge in [-0.05, 0) is 50.5 Å². The Morgan fingerprint density at radius 3 is 2.66 bits per heavy atom. The monoisotopic (exact) mass is 403 g/mol. The van der Waals surface area contributed by atoms with Crippen LogP contribution >= 0.6 is 11.3 Å². The van der Waals surface area contributed by atoms with E-state index in [-0.39, 0.29) is 5.91 Å². The van der Waals surface area contributed by atoms with Crippen LogP contribution in [0.25, 0.3) is 21.7 Å². The molecule has 3 aromatic heterocycles. The van der Waals surface area contributed by atoms with Crippen LogP contribution in [0.4, 0.5) is 0 Å². The lowest BCUT2D eigenvalue weighted by Crippen LogP contribution is -2.32. The van der Waals surface area contributed by atoms with Gasteiger partial charge in [0.1, 0.15) is 0 Å². The number of aryl methyl sites for hydroxylation is 2. The molecule has 29 heavy (non-hydrogen) atoms. The molecule has 0 saturated heterocycles. The Hall–Kier alpha value is -2.99. The lowest BCUT2D eigenvalue weighted by Gasteiger charge is -2.23. The first-order valence-corrected chi connectivity index (χ1v) is 10.6. The number of benzene rings is 1. The molecule has 3 heterocycles. The van der Waals surface area contributed by atoms with Crippen LogP contribution < -0.4 is 0 Å². The fraction of sp³-hybridized carbons (Fsp3) is 0.261. The number of rotatable bonds is 5. The lowest BCUT2D eigenvalue weighted by molar-refractivity contribution is 0.0732. The van der Waals surface area contributed by atoms with Crippen molar-refractivity contribution < 1.29 is 9.32 Å². The number of fused-ring (bicyclic) bond motifs is 1. The normalized spacial score (nSPS) is 13.7. The number of hydrogen-bond donors (Lipinski definition) is 0. The maximum absolute atomic E-state index is 13.7. The van der Waals surface area contributed by atoms with E-state index in [0.717, 1.165) is 29.0 Å². The summed E-state index contributed by atoms with van der Waals surface area (Å²) in [6.07, 6.45) is 2.10. The molecule has 0 spiro atoms. The second kappa shape index (κ2) is 7.12. The van der Waals surface area contributed by atoms with Crippen molar-refractivity contribution in [3.8, 4) is 10.6 Å². The number of thiophene rings is 1. The van der Waals surface area contributed by atoms with Crippen molar-refractivity contribution in [2.45, 2.75) is 39.3 Å². The molecule has 1 fully saturated rings. The van der Waals surface area contributed by atoms with Gasteiger partial charge in [0, 0.05) is 17.5 Å². The van der Waals surface area contributed by atoms with E-state index in [1.807, 2.05) is 42.2 Å². The highest BCUT2D eigenvalue weighted by Gasteiger charge is 2.34. The topological polar surface area (TPSA) is 59.2 Å². The van der Waals surface area contributed by atoms with Gasteiger partial charge in [0.15, 0.2) is 0 Å². The van der Waals surface area contributed by atoms with Crippen molar-refractivity contribution >= 4 is 28.3 Å². The van der Waals surface area contributed by atoms with E-state index in [9.17, 15) is 4.79 Å². The van der Waals surface area contributed by atoms with Crippen LogP contribution in [0.3, 0.4) is 0 Å². The van der Waals surface area contributed by atoms with Gasteiger partial charge >= 0.3 is 0 Å². The minimum Gasteiger partial charge on any atom is -0.335 e. The summed E-state index contributed by atoms with van der Waals surface area (Å²) in [7, 11) is 0. The molecular weight excluding hydrogens is 382 g/mol. The number of carbonyl (C=O) groups is 1. The van der Waals surface area contributed by atoms with E-state index in [1.165, 1.54) is 4.88 Å². The maximum atomic E-state index is 13.7. The van der Waals surface area contributed by atoms with Crippen LogP contribution in [-0.2, 0) is 6.54 Å². The summed E-state index contributed by atoms with van der Waals surface area (Å²) >= 11 is 1.66. The van der Waals surface area contributed by atoms with Crippen LogP contribution in [0.15, 0.2) is 53.1 Å². The highest BCUT2D eigenvalue weighted by Crippen LogP contribution is 2.34. The van der Waals surface area contributed by atoms with Gasteiger partial charge in [0.05, 0.1) is 27.2 Å². The molecule has 0 aliphatic heterocycles. The van der Waals surface area contributed by atoms with Crippen molar-refractivity contribution in [3.05, 3.63) is 70.2 Å². The molecule has 0 bridgehead atoms. The molecule has 1 saturated carbocycles. The molecule has 1 aliphatic rings. The summed E-state index contributed by atoms with van der Waals surface area (Å²) in [5, 5.41) is 4.79. The van der Waals surface area contributed by atoms with E-state index >= 15 is 0 Å². The fourth-order valence-electron chi connectivity index (χ4n) is 3.65. The molecule has 0 radical (unpaired) electrons. The van der Waals surface area contributed by atoms with Crippen LogP contribution in [0.2, 0.25) is 0 Å². The maximum Gasteiger partial charge on any atom is 0.259 e. The Morgan fingerprint density at radius 1 is 1.17 bits per heavy atom. The van der Waals surface area contributed by atoms with Gasteiger partial charge in [-0.2, -0.15) is 0 Å². The summed E-state index contributed by atoms with van der Waals surface area (Å²) in [6.45, 7) is 4.52. The predicted molar refractivity (Wildman–Crippen MR) is 114 cm³/mol. The molecule has 1 aliphatic carbocycles. The van der Waals surface area contributed by atoms with Gasteiger partial charge in [0.2, 0.25) is 0 Å². The average Bonchev–Trinajstić information content (AvgIpc) is 3.38. The number of amides is 1. The molecule has 4 aromatic rings. The summed E-state index contributed by atoms with van der Waals surface area (Å²) in [4.78, 5) is 22.6. The van der Waals surface area contributed by atoms with Gasteiger partial charge < -0.3 is 9.42 Å². The lowest BCUT2D eigenvalue weighted by atomic mass is 10.1. The average molecular weight is 404 g/mol. The van der Waals surface area contributed by atoms with E-state index in [4.69, 9.17) is 4.52 Å². The zero-order valence-corrected chi connectivity index (χ0v) is 17.2. The largest absolute Gasteiger partial charge is 0.335 e. The van der Waals surface area contributed by atoms with E-state index < -0.39 is 0 Å². The smallest absolute Gasteiger partial charge is 0.259 e. The van der Waals surface area contributed by atoms with Crippen molar-refractivity contribution in [1.29, 1.82) is 0 Å².